The molecule has 74 valence electrons. The Hall–Kier alpha value is -0.930. The van der Waals surface area contributed by atoms with Crippen LogP contribution in [0.1, 0.15) is 18.4 Å². The molecule has 14 heavy (non-hydrogen) atoms. The van der Waals surface area contributed by atoms with Crippen molar-refractivity contribution < 1.29 is 0 Å². The molecule has 0 radical (unpaired) electrons. The van der Waals surface area contributed by atoms with Gasteiger partial charge < -0.3 is 5.32 Å². The van der Waals surface area contributed by atoms with Crippen molar-refractivity contribution in [3.8, 4) is 0 Å². The van der Waals surface area contributed by atoms with Gasteiger partial charge in [-0.05, 0) is 25.1 Å². The smallest absolute Gasteiger partial charge is 0.108 e. The standard InChI is InChI=1S/C11H14N2S/c1-2-7-12-8-11-13-9-5-3-4-6-10(9)14-11/h3-6,12H,2,7-8H2,1H3. The van der Waals surface area contributed by atoms with Crippen molar-refractivity contribution >= 4 is 21.6 Å². The van der Waals surface area contributed by atoms with Crippen LogP contribution in [0.3, 0.4) is 0 Å². The molecule has 2 rings (SSSR count). The lowest BCUT2D eigenvalue weighted by Gasteiger charge is -1.96. The van der Waals surface area contributed by atoms with Gasteiger partial charge in [-0.1, -0.05) is 19.1 Å². The maximum absolute atomic E-state index is 4.54. The second-order valence-electron chi connectivity index (χ2n) is 3.25. The quantitative estimate of drug-likeness (QED) is 0.778. The molecule has 2 aromatic rings. The molecular weight excluding hydrogens is 192 g/mol. The van der Waals surface area contributed by atoms with Gasteiger partial charge in [-0.15, -0.1) is 11.3 Å². The molecule has 1 aromatic heterocycles. The first-order valence-corrected chi connectivity index (χ1v) is 5.77. The lowest BCUT2D eigenvalue weighted by molar-refractivity contribution is 0.673. The molecule has 0 spiro atoms. The van der Waals surface area contributed by atoms with E-state index in [2.05, 4.69) is 35.4 Å². The molecule has 1 aromatic carbocycles. The van der Waals surface area contributed by atoms with Crippen molar-refractivity contribution in [1.29, 1.82) is 0 Å². The first kappa shape index (κ1) is 9.62. The third kappa shape index (κ3) is 2.11. The zero-order chi connectivity index (χ0) is 9.80. The van der Waals surface area contributed by atoms with Crippen molar-refractivity contribution in [2.24, 2.45) is 0 Å². The summed E-state index contributed by atoms with van der Waals surface area (Å²) in [7, 11) is 0. The number of rotatable bonds is 4. The van der Waals surface area contributed by atoms with Gasteiger partial charge in [-0.2, -0.15) is 0 Å². The van der Waals surface area contributed by atoms with Crippen LogP contribution in [0.15, 0.2) is 24.3 Å². The average molecular weight is 206 g/mol. The highest BCUT2D eigenvalue weighted by atomic mass is 32.1. The Morgan fingerprint density at radius 3 is 3.00 bits per heavy atom. The van der Waals surface area contributed by atoms with Gasteiger partial charge in [0.2, 0.25) is 0 Å². The molecule has 0 aliphatic carbocycles. The number of nitrogens with zero attached hydrogens (tertiary/aromatic N) is 1. The fourth-order valence-electron chi connectivity index (χ4n) is 1.37. The third-order valence-corrected chi connectivity index (χ3v) is 3.08. The second-order valence-corrected chi connectivity index (χ2v) is 4.37. The van der Waals surface area contributed by atoms with Gasteiger partial charge in [0.1, 0.15) is 5.01 Å². The topological polar surface area (TPSA) is 24.9 Å². The molecule has 1 N–H and O–H groups in total. The fourth-order valence-corrected chi connectivity index (χ4v) is 2.30. The van der Waals surface area contributed by atoms with Gasteiger partial charge in [0.15, 0.2) is 0 Å². The Bertz CT molecular complexity index is 375. The summed E-state index contributed by atoms with van der Waals surface area (Å²) in [5.41, 5.74) is 1.12. The van der Waals surface area contributed by atoms with Gasteiger partial charge >= 0.3 is 0 Å². The SMILES string of the molecule is CCCNCc1nc2ccccc2s1. The summed E-state index contributed by atoms with van der Waals surface area (Å²) in [6, 6.07) is 8.28. The minimum Gasteiger partial charge on any atom is -0.310 e. The number of para-hydroxylation sites is 1. The first-order valence-electron chi connectivity index (χ1n) is 4.95. The van der Waals surface area contributed by atoms with Gasteiger partial charge in [0, 0.05) is 6.54 Å². The van der Waals surface area contributed by atoms with Gasteiger partial charge in [0.25, 0.3) is 0 Å². The van der Waals surface area contributed by atoms with Crippen molar-refractivity contribution in [2.75, 3.05) is 6.54 Å². The van der Waals surface area contributed by atoms with E-state index in [0.29, 0.717) is 0 Å². The Morgan fingerprint density at radius 1 is 1.36 bits per heavy atom. The molecule has 0 bridgehead atoms. The fraction of sp³-hybridized carbons (Fsp3) is 0.364. The van der Waals surface area contributed by atoms with Crippen LogP contribution in [-0.4, -0.2) is 11.5 Å². The highest BCUT2D eigenvalue weighted by Gasteiger charge is 2.01. The molecule has 0 atom stereocenters. The van der Waals surface area contributed by atoms with E-state index >= 15 is 0 Å². The van der Waals surface area contributed by atoms with E-state index in [9.17, 15) is 0 Å². The van der Waals surface area contributed by atoms with Crippen LogP contribution in [0.25, 0.3) is 10.2 Å². The van der Waals surface area contributed by atoms with Gasteiger partial charge in [0.05, 0.1) is 10.2 Å². The molecule has 0 saturated heterocycles. The zero-order valence-corrected chi connectivity index (χ0v) is 9.10. The minimum absolute atomic E-state index is 0.896. The average Bonchev–Trinajstić information content (AvgIpc) is 2.60. The highest BCUT2D eigenvalue weighted by Crippen LogP contribution is 2.20. The van der Waals surface area contributed by atoms with Crippen LogP contribution in [-0.2, 0) is 6.54 Å². The normalized spacial score (nSPS) is 10.9. The van der Waals surface area contributed by atoms with E-state index in [-0.39, 0.29) is 0 Å². The maximum Gasteiger partial charge on any atom is 0.108 e. The Labute approximate surface area is 88.0 Å². The first-order chi connectivity index (χ1) is 6.90. The van der Waals surface area contributed by atoms with E-state index in [1.54, 1.807) is 11.3 Å². The Kier molecular flexibility index (Phi) is 3.11. The van der Waals surface area contributed by atoms with Crippen LogP contribution >= 0.6 is 11.3 Å². The number of hydrogen-bond acceptors (Lipinski definition) is 3. The molecule has 0 amide bonds. The predicted octanol–water partition coefficient (Wildman–Crippen LogP) is 2.80. The van der Waals surface area contributed by atoms with E-state index in [0.717, 1.165) is 18.6 Å². The molecule has 1 heterocycles. The molecule has 0 saturated carbocycles. The summed E-state index contributed by atoms with van der Waals surface area (Å²) in [6.07, 6.45) is 1.17. The van der Waals surface area contributed by atoms with Crippen molar-refractivity contribution in [1.82, 2.24) is 10.3 Å². The molecule has 0 fully saturated rings. The lowest BCUT2D eigenvalue weighted by Crippen LogP contribution is -2.13. The van der Waals surface area contributed by atoms with Gasteiger partial charge in [-0.25, -0.2) is 4.98 Å². The summed E-state index contributed by atoms with van der Waals surface area (Å²) >= 11 is 1.77. The van der Waals surface area contributed by atoms with Crippen LogP contribution in [0.4, 0.5) is 0 Å². The number of benzene rings is 1. The third-order valence-electron chi connectivity index (χ3n) is 2.04. The molecule has 0 unspecified atom stereocenters. The summed E-state index contributed by atoms with van der Waals surface area (Å²) in [4.78, 5) is 4.54. The Balaban J connectivity index is 2.11. The van der Waals surface area contributed by atoms with Crippen molar-refractivity contribution in [3.05, 3.63) is 29.3 Å². The van der Waals surface area contributed by atoms with E-state index in [4.69, 9.17) is 0 Å². The lowest BCUT2D eigenvalue weighted by atomic mass is 10.3. The maximum atomic E-state index is 4.54. The summed E-state index contributed by atoms with van der Waals surface area (Å²) in [5.74, 6) is 0. The highest BCUT2D eigenvalue weighted by molar-refractivity contribution is 7.18. The van der Waals surface area contributed by atoms with Crippen LogP contribution in [0.5, 0.6) is 0 Å². The molecule has 3 heteroatoms. The second kappa shape index (κ2) is 4.53. The number of aromatic nitrogens is 1. The van der Waals surface area contributed by atoms with Crippen LogP contribution in [0.2, 0.25) is 0 Å². The van der Waals surface area contributed by atoms with E-state index < -0.39 is 0 Å². The van der Waals surface area contributed by atoms with Crippen LogP contribution in [0, 0.1) is 0 Å². The number of hydrogen-bond donors (Lipinski definition) is 1. The number of thiazole rings is 1. The summed E-state index contributed by atoms with van der Waals surface area (Å²) < 4.78 is 1.28. The zero-order valence-electron chi connectivity index (χ0n) is 8.29. The largest absolute Gasteiger partial charge is 0.310 e. The van der Waals surface area contributed by atoms with Crippen molar-refractivity contribution in [3.63, 3.8) is 0 Å². The Morgan fingerprint density at radius 2 is 2.21 bits per heavy atom. The van der Waals surface area contributed by atoms with E-state index in [1.165, 1.54) is 16.1 Å². The monoisotopic (exact) mass is 206 g/mol. The van der Waals surface area contributed by atoms with Crippen molar-refractivity contribution in [2.45, 2.75) is 19.9 Å². The van der Waals surface area contributed by atoms with E-state index in [1.807, 2.05) is 6.07 Å². The predicted molar refractivity (Wildman–Crippen MR) is 61.6 cm³/mol. The minimum atomic E-state index is 0.896. The molecule has 0 aliphatic rings. The summed E-state index contributed by atoms with van der Waals surface area (Å²) in [6.45, 7) is 4.13. The number of fused-ring (bicyclic) bond motifs is 1. The molecule has 2 nitrogen and oxygen atoms in total. The van der Waals surface area contributed by atoms with Gasteiger partial charge in [-0.3, -0.25) is 0 Å². The number of nitrogens with one attached hydrogen (secondary N) is 1. The molecule has 0 aliphatic heterocycles. The molecular formula is C11H14N2S. The summed E-state index contributed by atoms with van der Waals surface area (Å²) in [5, 5.41) is 4.54. The van der Waals surface area contributed by atoms with Crippen LogP contribution < -0.4 is 5.32 Å².